The highest BCUT2D eigenvalue weighted by Crippen LogP contribution is 2.17. The molecule has 1 heterocycles. The van der Waals surface area contributed by atoms with E-state index in [2.05, 4.69) is 15.7 Å². The van der Waals surface area contributed by atoms with E-state index in [4.69, 9.17) is 0 Å². The van der Waals surface area contributed by atoms with E-state index >= 15 is 0 Å². The first-order valence-corrected chi connectivity index (χ1v) is 9.18. The summed E-state index contributed by atoms with van der Waals surface area (Å²) in [7, 11) is 0. The molecule has 1 aromatic heterocycles. The highest BCUT2D eigenvalue weighted by Gasteiger charge is 2.14. The Morgan fingerprint density at radius 3 is 2.32 bits per heavy atom. The molecule has 144 valence electrons. The molecule has 0 fully saturated rings. The van der Waals surface area contributed by atoms with Gasteiger partial charge in [-0.1, -0.05) is 36.4 Å². The lowest BCUT2D eigenvalue weighted by atomic mass is 10.1. The molecule has 0 saturated heterocycles. The zero-order chi connectivity index (χ0) is 20.1. The maximum Gasteiger partial charge on any atom is 0.251 e. The molecule has 0 aliphatic carbocycles. The maximum absolute atomic E-state index is 12.2. The van der Waals surface area contributed by atoms with Crippen molar-refractivity contribution in [2.75, 3.05) is 6.54 Å². The van der Waals surface area contributed by atoms with Gasteiger partial charge in [-0.25, -0.2) is 4.68 Å². The number of carbonyl (C=O) groups excluding carboxylic acids is 2. The Balaban J connectivity index is 1.59. The van der Waals surface area contributed by atoms with Crippen LogP contribution in [-0.4, -0.2) is 28.1 Å². The Hall–Kier alpha value is -3.41. The number of amides is 2. The van der Waals surface area contributed by atoms with Crippen LogP contribution in [0.3, 0.4) is 0 Å². The average Bonchev–Trinajstić information content (AvgIpc) is 2.99. The van der Waals surface area contributed by atoms with Crippen LogP contribution in [0.1, 0.15) is 32.9 Å². The Labute approximate surface area is 164 Å². The summed E-state index contributed by atoms with van der Waals surface area (Å²) in [5, 5.41) is 10.1. The van der Waals surface area contributed by atoms with Crippen molar-refractivity contribution in [3.63, 3.8) is 0 Å². The lowest BCUT2D eigenvalue weighted by Crippen LogP contribution is -2.37. The Kier molecular flexibility index (Phi) is 5.89. The monoisotopic (exact) mass is 376 g/mol. The van der Waals surface area contributed by atoms with Gasteiger partial charge in [0.2, 0.25) is 5.91 Å². The number of benzene rings is 2. The molecule has 0 aliphatic heterocycles. The Morgan fingerprint density at radius 2 is 1.61 bits per heavy atom. The van der Waals surface area contributed by atoms with Crippen molar-refractivity contribution < 1.29 is 9.59 Å². The van der Waals surface area contributed by atoms with Crippen LogP contribution in [-0.2, 0) is 11.3 Å². The number of rotatable bonds is 6. The summed E-state index contributed by atoms with van der Waals surface area (Å²) in [6.45, 7) is 6.06. The topological polar surface area (TPSA) is 76.0 Å². The Bertz CT molecular complexity index is 993. The van der Waals surface area contributed by atoms with Crippen molar-refractivity contribution in [3.8, 4) is 5.69 Å². The Morgan fingerprint density at radius 1 is 0.929 bits per heavy atom. The lowest BCUT2D eigenvalue weighted by Gasteiger charge is -2.09. The molecule has 0 bridgehead atoms. The summed E-state index contributed by atoms with van der Waals surface area (Å²) >= 11 is 0. The van der Waals surface area contributed by atoms with Crippen molar-refractivity contribution in [2.45, 2.75) is 27.3 Å². The number of hydrogen-bond acceptors (Lipinski definition) is 3. The molecule has 3 aromatic rings. The first-order chi connectivity index (χ1) is 13.5. The van der Waals surface area contributed by atoms with Crippen molar-refractivity contribution in [3.05, 3.63) is 82.7 Å². The van der Waals surface area contributed by atoms with Gasteiger partial charge in [-0.15, -0.1) is 0 Å². The summed E-state index contributed by atoms with van der Waals surface area (Å²) in [5.74, 6) is -0.495. The normalized spacial score (nSPS) is 10.5. The van der Waals surface area contributed by atoms with Gasteiger partial charge in [0.15, 0.2) is 0 Å². The first-order valence-electron chi connectivity index (χ1n) is 9.18. The molecule has 2 amide bonds. The second-order valence-electron chi connectivity index (χ2n) is 6.67. The summed E-state index contributed by atoms with van der Waals surface area (Å²) in [6.07, 6.45) is 0. The van der Waals surface area contributed by atoms with Gasteiger partial charge < -0.3 is 10.6 Å². The number of nitrogens with one attached hydrogen (secondary N) is 2. The van der Waals surface area contributed by atoms with Crippen molar-refractivity contribution in [1.29, 1.82) is 0 Å². The number of aryl methyl sites for hydroxylation is 2. The molecular weight excluding hydrogens is 352 g/mol. The van der Waals surface area contributed by atoms with E-state index in [9.17, 15) is 9.59 Å². The minimum absolute atomic E-state index is 0.0713. The van der Waals surface area contributed by atoms with Crippen LogP contribution in [0.25, 0.3) is 5.69 Å². The van der Waals surface area contributed by atoms with E-state index in [0.29, 0.717) is 12.1 Å². The van der Waals surface area contributed by atoms with Gasteiger partial charge in [0.1, 0.15) is 0 Å². The molecule has 3 rings (SSSR count). The van der Waals surface area contributed by atoms with Crippen LogP contribution >= 0.6 is 0 Å². The minimum Gasteiger partial charge on any atom is -0.350 e. The van der Waals surface area contributed by atoms with Gasteiger partial charge in [0.25, 0.3) is 5.91 Å². The smallest absolute Gasteiger partial charge is 0.251 e. The molecular formula is C22H24N4O2. The highest BCUT2D eigenvalue weighted by molar-refractivity contribution is 5.97. The summed E-state index contributed by atoms with van der Waals surface area (Å²) < 4.78 is 1.87. The SMILES string of the molecule is Cc1ccccc1C(=O)NCC(=O)NCc1c(C)nn(-c2ccccc2)c1C. The van der Waals surface area contributed by atoms with Crippen LogP contribution < -0.4 is 10.6 Å². The van der Waals surface area contributed by atoms with Gasteiger partial charge >= 0.3 is 0 Å². The fourth-order valence-electron chi connectivity index (χ4n) is 3.08. The molecule has 0 unspecified atom stereocenters. The third-order valence-corrected chi connectivity index (χ3v) is 4.70. The van der Waals surface area contributed by atoms with E-state index in [1.165, 1.54) is 0 Å². The molecule has 0 radical (unpaired) electrons. The largest absolute Gasteiger partial charge is 0.350 e. The maximum atomic E-state index is 12.2. The fourth-order valence-corrected chi connectivity index (χ4v) is 3.08. The number of nitrogens with zero attached hydrogens (tertiary/aromatic N) is 2. The van der Waals surface area contributed by atoms with Crippen LogP contribution in [0.2, 0.25) is 0 Å². The number of hydrogen-bond donors (Lipinski definition) is 2. The molecule has 0 atom stereocenters. The van der Waals surface area contributed by atoms with E-state index in [0.717, 1.165) is 28.2 Å². The molecule has 6 nitrogen and oxygen atoms in total. The van der Waals surface area contributed by atoms with E-state index in [-0.39, 0.29) is 18.4 Å². The zero-order valence-corrected chi connectivity index (χ0v) is 16.3. The molecule has 0 spiro atoms. The average molecular weight is 376 g/mol. The number of para-hydroxylation sites is 1. The first kappa shape index (κ1) is 19.4. The van der Waals surface area contributed by atoms with Gasteiger partial charge in [-0.3, -0.25) is 9.59 Å². The van der Waals surface area contributed by atoms with Crippen molar-refractivity contribution in [1.82, 2.24) is 20.4 Å². The molecule has 6 heteroatoms. The number of carbonyl (C=O) groups is 2. The molecule has 0 saturated carbocycles. The van der Waals surface area contributed by atoms with Gasteiger partial charge in [-0.05, 0) is 44.5 Å². The summed E-state index contributed by atoms with van der Waals surface area (Å²) in [5.41, 5.74) is 5.25. The van der Waals surface area contributed by atoms with Gasteiger partial charge in [0, 0.05) is 23.4 Å². The standard InChI is InChI=1S/C22H24N4O2/c1-15-9-7-8-12-19(15)22(28)24-14-21(27)23-13-20-16(2)25-26(17(20)3)18-10-5-4-6-11-18/h4-12H,13-14H2,1-3H3,(H,23,27)(H,24,28). The summed E-state index contributed by atoms with van der Waals surface area (Å²) in [6, 6.07) is 17.2. The van der Waals surface area contributed by atoms with Crippen LogP contribution in [0, 0.1) is 20.8 Å². The molecule has 0 aliphatic rings. The van der Waals surface area contributed by atoms with Gasteiger partial charge in [0.05, 0.1) is 17.9 Å². The third kappa shape index (κ3) is 4.28. The lowest BCUT2D eigenvalue weighted by molar-refractivity contribution is -0.120. The van der Waals surface area contributed by atoms with E-state index in [1.54, 1.807) is 12.1 Å². The van der Waals surface area contributed by atoms with E-state index in [1.807, 2.05) is 67.9 Å². The number of aromatic nitrogens is 2. The molecule has 28 heavy (non-hydrogen) atoms. The van der Waals surface area contributed by atoms with Crippen LogP contribution in [0.4, 0.5) is 0 Å². The van der Waals surface area contributed by atoms with E-state index < -0.39 is 0 Å². The highest BCUT2D eigenvalue weighted by atomic mass is 16.2. The van der Waals surface area contributed by atoms with Crippen molar-refractivity contribution >= 4 is 11.8 Å². The second kappa shape index (κ2) is 8.52. The predicted molar refractivity (Wildman–Crippen MR) is 108 cm³/mol. The van der Waals surface area contributed by atoms with Crippen LogP contribution in [0.5, 0.6) is 0 Å². The fraction of sp³-hybridized carbons (Fsp3) is 0.227. The zero-order valence-electron chi connectivity index (χ0n) is 16.3. The van der Waals surface area contributed by atoms with Crippen LogP contribution in [0.15, 0.2) is 54.6 Å². The summed E-state index contributed by atoms with van der Waals surface area (Å²) in [4.78, 5) is 24.4. The molecule has 2 N–H and O–H groups in total. The quantitative estimate of drug-likeness (QED) is 0.695. The van der Waals surface area contributed by atoms with Crippen molar-refractivity contribution in [2.24, 2.45) is 0 Å². The molecule has 2 aromatic carbocycles. The third-order valence-electron chi connectivity index (χ3n) is 4.70. The second-order valence-corrected chi connectivity index (χ2v) is 6.67. The predicted octanol–water partition coefficient (Wildman–Crippen LogP) is 2.84. The van der Waals surface area contributed by atoms with Gasteiger partial charge in [-0.2, -0.15) is 5.10 Å². The minimum atomic E-state index is -0.252.